The molecule has 0 N–H and O–H groups in total. The molecule has 0 spiro atoms. The largest absolute Gasteiger partial charge is 1.00 e. The van der Waals surface area contributed by atoms with Crippen LogP contribution in [0.4, 0.5) is 0 Å². The number of allylic oxidation sites excluding steroid dienone is 4. The third kappa shape index (κ3) is 11.3. The van der Waals surface area contributed by atoms with Crippen LogP contribution in [0.3, 0.4) is 0 Å². The van der Waals surface area contributed by atoms with E-state index in [1.54, 1.807) is 27.4 Å². The minimum Gasteiger partial charge on any atom is -1.00 e. The maximum atomic E-state index is 4.00. The van der Waals surface area contributed by atoms with Crippen LogP contribution in [0.25, 0.3) is 54.9 Å². The molecule has 0 saturated carbocycles. The first-order valence-electron chi connectivity index (χ1n) is 20.9. The summed E-state index contributed by atoms with van der Waals surface area (Å²) in [5, 5.41) is 5.17. The molecular formula is C55H60Cl2Zr-2. The summed E-state index contributed by atoms with van der Waals surface area (Å²) in [6.07, 6.45) is 19.2. The Hall–Kier alpha value is -3.35. The number of halogens is 2. The summed E-state index contributed by atoms with van der Waals surface area (Å²) in [4.78, 5) is 0. The van der Waals surface area contributed by atoms with Crippen LogP contribution in [-0.4, -0.2) is 3.21 Å². The van der Waals surface area contributed by atoms with Gasteiger partial charge < -0.3 is 24.8 Å². The number of fused-ring (bicyclic) bond motifs is 5. The van der Waals surface area contributed by atoms with Crippen molar-refractivity contribution in [3.63, 3.8) is 0 Å². The third-order valence-corrected chi connectivity index (χ3v) is 12.3. The molecule has 0 amide bonds. The number of rotatable bonds is 8. The molecule has 2 aliphatic carbocycles. The molecule has 0 bridgehead atoms. The molecule has 0 heterocycles. The van der Waals surface area contributed by atoms with E-state index in [9.17, 15) is 0 Å². The van der Waals surface area contributed by atoms with Crippen LogP contribution >= 0.6 is 0 Å². The van der Waals surface area contributed by atoms with Gasteiger partial charge in [0.25, 0.3) is 0 Å². The van der Waals surface area contributed by atoms with E-state index in [-0.39, 0.29) is 35.6 Å². The average molecular weight is 883 g/mol. The molecule has 0 saturated heterocycles. The molecule has 0 aliphatic heterocycles. The van der Waals surface area contributed by atoms with Gasteiger partial charge in [0.1, 0.15) is 0 Å². The van der Waals surface area contributed by atoms with E-state index < -0.39 is 0 Å². The molecule has 6 aromatic rings. The number of benzene rings is 6. The minimum absolute atomic E-state index is 0. The van der Waals surface area contributed by atoms with Gasteiger partial charge in [-0.25, -0.2) is 12.2 Å². The van der Waals surface area contributed by atoms with E-state index in [4.69, 9.17) is 0 Å². The van der Waals surface area contributed by atoms with Gasteiger partial charge in [-0.3, -0.25) is 6.08 Å². The number of unbranched alkanes of at least 4 members (excludes halogenated alkanes) is 2. The van der Waals surface area contributed by atoms with Gasteiger partial charge in [0, 0.05) is 0 Å². The zero-order chi connectivity index (χ0) is 39.9. The van der Waals surface area contributed by atoms with Crippen LogP contribution in [0.5, 0.6) is 0 Å². The van der Waals surface area contributed by atoms with Crippen LogP contribution in [0, 0.1) is 12.1 Å². The Labute approximate surface area is 377 Å². The molecule has 0 aromatic heterocycles. The van der Waals surface area contributed by atoms with Crippen LogP contribution in [0.2, 0.25) is 0 Å². The van der Waals surface area contributed by atoms with Gasteiger partial charge in [0.2, 0.25) is 0 Å². The second-order valence-corrected chi connectivity index (χ2v) is 19.3. The molecule has 6 aromatic carbocycles. The summed E-state index contributed by atoms with van der Waals surface area (Å²) in [6, 6.07) is 42.4. The SMILES string of the molecule is CC(C)(C)c1cc2c([c-]c1-c1cccc3ccccc13)Cc1cc(-c3cccc4ccccc34)c(C(C)(C)C)cc1-2.CCCC[C](=[Zr+2])CCCC.[C-]1=CC=CC1.[Cl-].[Cl-]. The first-order valence-corrected chi connectivity index (χ1v) is 22.1. The predicted molar refractivity (Wildman–Crippen MR) is 242 cm³/mol. The van der Waals surface area contributed by atoms with Gasteiger partial charge in [0.05, 0.1) is 0 Å². The van der Waals surface area contributed by atoms with Gasteiger partial charge in [-0.2, -0.15) is 6.08 Å². The van der Waals surface area contributed by atoms with Crippen LogP contribution in [-0.2, 0) is 41.5 Å². The molecule has 0 radical (unpaired) electrons. The van der Waals surface area contributed by atoms with Crippen LogP contribution in [0.15, 0.2) is 121 Å². The van der Waals surface area contributed by atoms with Crippen molar-refractivity contribution in [2.75, 3.05) is 0 Å². The van der Waals surface area contributed by atoms with Crippen molar-refractivity contribution in [1.29, 1.82) is 0 Å². The second kappa shape index (κ2) is 21.3. The molecule has 58 heavy (non-hydrogen) atoms. The maximum absolute atomic E-state index is 4.00. The van der Waals surface area contributed by atoms with Crippen molar-refractivity contribution < 1.29 is 49.0 Å². The van der Waals surface area contributed by atoms with Crippen molar-refractivity contribution >= 4 is 24.8 Å². The molecule has 8 rings (SSSR count). The van der Waals surface area contributed by atoms with Gasteiger partial charge >= 0.3 is 79.8 Å². The summed E-state index contributed by atoms with van der Waals surface area (Å²) in [6.45, 7) is 18.6. The Kier molecular flexibility index (Phi) is 17.3. The molecule has 0 nitrogen and oxygen atoms in total. The zero-order valence-electron chi connectivity index (χ0n) is 36.0. The van der Waals surface area contributed by atoms with Crippen LogP contribution in [0.1, 0.15) is 123 Å². The fourth-order valence-corrected chi connectivity index (χ4v) is 8.87. The average Bonchev–Trinajstić information content (AvgIpc) is 3.89. The van der Waals surface area contributed by atoms with Gasteiger partial charge in [-0.05, 0) is 55.7 Å². The van der Waals surface area contributed by atoms with E-state index in [1.807, 2.05) is 12.2 Å². The van der Waals surface area contributed by atoms with Crippen molar-refractivity contribution in [2.45, 2.75) is 118 Å². The summed E-state index contributed by atoms with van der Waals surface area (Å²) < 4.78 is 1.79. The molecule has 300 valence electrons. The Morgan fingerprint density at radius 3 is 1.66 bits per heavy atom. The topological polar surface area (TPSA) is 0 Å². The Balaban J connectivity index is 0.000000372. The Morgan fingerprint density at radius 2 is 1.14 bits per heavy atom. The van der Waals surface area contributed by atoms with Crippen LogP contribution < -0.4 is 24.8 Å². The van der Waals surface area contributed by atoms with E-state index >= 15 is 0 Å². The van der Waals surface area contributed by atoms with Crippen molar-refractivity contribution in [3.05, 3.63) is 156 Å². The van der Waals surface area contributed by atoms with Gasteiger partial charge in [-0.15, -0.1) is 35.2 Å². The van der Waals surface area contributed by atoms with Crippen molar-refractivity contribution in [3.8, 4) is 33.4 Å². The fraction of sp³-hybridized carbons (Fsp3) is 0.327. The van der Waals surface area contributed by atoms with Gasteiger partial charge in [-0.1, -0.05) is 161 Å². The number of hydrogen-bond donors (Lipinski definition) is 0. The normalized spacial score (nSPS) is 12.4. The van der Waals surface area contributed by atoms with E-state index in [0.717, 1.165) is 12.8 Å². The minimum atomic E-state index is -0.0175. The molecule has 0 fully saturated rings. The standard InChI is InChI=1S/C41H37.C9H18.C5H5.2ClH.Zr/c1-40(2,3)38-24-34-28(22-36(38)32-19-11-15-26-13-7-9-17-30(26)32)21-29-23-37(39(25-35(29)34)41(4,5)6)33-20-12-16-27-14-8-10-18-31(27)33;1-3-5-7-9-8-6-4-2;1-2-4-5-3-1;;;/h7-20,22,24-25H,21H2,1-6H3;3-8H2,1-2H3;1-3H,4H2;2*1H;/q-1;;-1;;;+2/p-2. The number of hydrogen-bond acceptors (Lipinski definition) is 0. The molecule has 0 unspecified atom stereocenters. The molecular weight excluding hydrogens is 823 g/mol. The summed E-state index contributed by atoms with van der Waals surface area (Å²) in [5.74, 6) is 0. The monoisotopic (exact) mass is 880 g/mol. The maximum Gasteiger partial charge on any atom is -0.109 e. The Morgan fingerprint density at radius 1 is 0.603 bits per heavy atom. The third-order valence-electron chi connectivity index (χ3n) is 11.1. The molecule has 3 heteroatoms. The predicted octanol–water partition coefficient (Wildman–Crippen LogP) is 9.69. The first-order chi connectivity index (χ1) is 26.9. The summed E-state index contributed by atoms with van der Waals surface area (Å²) >= 11 is 1.67. The van der Waals surface area contributed by atoms with Crippen molar-refractivity contribution in [2.24, 2.45) is 0 Å². The zero-order valence-corrected chi connectivity index (χ0v) is 39.9. The summed E-state index contributed by atoms with van der Waals surface area (Å²) in [5.41, 5.74) is 13.4. The van der Waals surface area contributed by atoms with Crippen molar-refractivity contribution in [1.82, 2.24) is 0 Å². The first kappa shape index (κ1) is 47.3. The van der Waals surface area contributed by atoms with Gasteiger partial charge in [0.15, 0.2) is 0 Å². The smallest absolute Gasteiger partial charge is 0.109 e. The molecule has 0 atom stereocenters. The second-order valence-electron chi connectivity index (χ2n) is 17.5. The fourth-order valence-electron chi connectivity index (χ4n) is 8.00. The van der Waals surface area contributed by atoms with E-state index in [0.29, 0.717) is 0 Å². The van der Waals surface area contributed by atoms with E-state index in [2.05, 4.69) is 177 Å². The Bertz CT molecular complexity index is 2210. The summed E-state index contributed by atoms with van der Waals surface area (Å²) in [7, 11) is 0. The van der Waals surface area contributed by atoms with E-state index in [1.165, 1.54) is 116 Å². The molecule has 2 aliphatic rings. The quantitative estimate of drug-likeness (QED) is 0.134.